The van der Waals surface area contributed by atoms with Gasteiger partial charge < -0.3 is 11.1 Å². The number of nitrogens with two attached hydrogens (primary N) is 1. The van der Waals surface area contributed by atoms with Gasteiger partial charge in [0.05, 0.1) is 0 Å². The summed E-state index contributed by atoms with van der Waals surface area (Å²) in [7, 11) is 0. The summed E-state index contributed by atoms with van der Waals surface area (Å²) in [5.41, 5.74) is 5.49. The molecule has 0 aliphatic heterocycles. The molecular weight excluding hydrogens is 256 g/mol. The maximum Gasteiger partial charge on any atom is -0.00489 e. The standard InChI is InChI=1S/C19H42N2/c1-2-3-4-5-9-12-15-18-21-19-16-13-10-7-6-8-11-14-17-20/h21H,2-20H2,1H3. The zero-order chi connectivity index (χ0) is 15.4. The van der Waals surface area contributed by atoms with E-state index in [4.69, 9.17) is 5.73 Å². The third-order valence-corrected chi connectivity index (χ3v) is 4.26. The summed E-state index contributed by atoms with van der Waals surface area (Å²) in [5.74, 6) is 0. The molecule has 128 valence electrons. The normalized spacial score (nSPS) is 11.1. The Bertz CT molecular complexity index is 153. The highest BCUT2D eigenvalue weighted by Crippen LogP contribution is 2.08. The van der Waals surface area contributed by atoms with Crippen LogP contribution in [0.3, 0.4) is 0 Å². The molecule has 0 aliphatic carbocycles. The highest BCUT2D eigenvalue weighted by molar-refractivity contribution is 4.52. The first-order valence-electron chi connectivity index (χ1n) is 9.82. The van der Waals surface area contributed by atoms with Crippen molar-refractivity contribution in [3.63, 3.8) is 0 Å². The molecule has 0 unspecified atom stereocenters. The lowest BCUT2D eigenvalue weighted by Gasteiger charge is -2.05. The Morgan fingerprint density at radius 2 is 0.905 bits per heavy atom. The van der Waals surface area contributed by atoms with Crippen LogP contribution < -0.4 is 11.1 Å². The van der Waals surface area contributed by atoms with Gasteiger partial charge in [0.25, 0.3) is 0 Å². The zero-order valence-electron chi connectivity index (χ0n) is 14.8. The quantitative estimate of drug-likeness (QED) is 0.332. The second-order valence-electron chi connectivity index (χ2n) is 6.49. The van der Waals surface area contributed by atoms with Gasteiger partial charge in [0.1, 0.15) is 0 Å². The Morgan fingerprint density at radius 1 is 0.524 bits per heavy atom. The molecule has 0 aliphatic rings. The van der Waals surface area contributed by atoms with Crippen LogP contribution in [0.5, 0.6) is 0 Å². The van der Waals surface area contributed by atoms with Gasteiger partial charge in [-0.15, -0.1) is 0 Å². The lowest BCUT2D eigenvalue weighted by Crippen LogP contribution is -2.16. The summed E-state index contributed by atoms with van der Waals surface area (Å²) in [6.45, 7) is 5.60. The molecule has 0 aromatic heterocycles. The topological polar surface area (TPSA) is 38.0 Å². The fraction of sp³-hybridized carbons (Fsp3) is 1.00. The van der Waals surface area contributed by atoms with Gasteiger partial charge in [0.2, 0.25) is 0 Å². The first-order valence-corrected chi connectivity index (χ1v) is 9.82. The highest BCUT2D eigenvalue weighted by Gasteiger charge is 1.93. The van der Waals surface area contributed by atoms with Crippen LogP contribution in [0.25, 0.3) is 0 Å². The van der Waals surface area contributed by atoms with Crippen LogP contribution >= 0.6 is 0 Å². The van der Waals surface area contributed by atoms with E-state index in [1.54, 1.807) is 0 Å². The fourth-order valence-corrected chi connectivity index (χ4v) is 2.79. The van der Waals surface area contributed by atoms with Crippen molar-refractivity contribution in [2.24, 2.45) is 5.73 Å². The molecule has 0 spiro atoms. The van der Waals surface area contributed by atoms with Crippen molar-refractivity contribution in [1.82, 2.24) is 5.32 Å². The van der Waals surface area contributed by atoms with Crippen LogP contribution in [-0.2, 0) is 0 Å². The average Bonchev–Trinajstić information content (AvgIpc) is 2.50. The summed E-state index contributed by atoms with van der Waals surface area (Å²) in [4.78, 5) is 0. The van der Waals surface area contributed by atoms with Crippen molar-refractivity contribution in [2.45, 2.75) is 103 Å². The average molecular weight is 299 g/mol. The van der Waals surface area contributed by atoms with E-state index in [1.165, 1.54) is 109 Å². The molecule has 0 amide bonds. The van der Waals surface area contributed by atoms with E-state index >= 15 is 0 Å². The molecule has 0 atom stereocenters. The smallest absolute Gasteiger partial charge is 0.00489 e. The summed E-state index contributed by atoms with van der Waals surface area (Å²) >= 11 is 0. The minimum absolute atomic E-state index is 0.865. The molecule has 0 heterocycles. The number of rotatable bonds is 18. The first kappa shape index (κ1) is 20.9. The maximum absolute atomic E-state index is 5.49. The van der Waals surface area contributed by atoms with Crippen molar-refractivity contribution in [3.8, 4) is 0 Å². The van der Waals surface area contributed by atoms with E-state index in [-0.39, 0.29) is 0 Å². The van der Waals surface area contributed by atoms with Gasteiger partial charge in [-0.3, -0.25) is 0 Å². The van der Waals surface area contributed by atoms with Crippen LogP contribution in [0, 0.1) is 0 Å². The summed E-state index contributed by atoms with van der Waals surface area (Å²) in [5, 5.41) is 3.59. The van der Waals surface area contributed by atoms with Crippen molar-refractivity contribution in [1.29, 1.82) is 0 Å². The largest absolute Gasteiger partial charge is 0.330 e. The third kappa shape index (κ3) is 19.9. The summed E-state index contributed by atoms with van der Waals surface area (Å²) < 4.78 is 0. The van der Waals surface area contributed by atoms with Crippen LogP contribution in [0.1, 0.15) is 103 Å². The monoisotopic (exact) mass is 298 g/mol. The van der Waals surface area contributed by atoms with Crippen LogP contribution in [0.2, 0.25) is 0 Å². The van der Waals surface area contributed by atoms with E-state index in [9.17, 15) is 0 Å². The SMILES string of the molecule is CCCCCCCCCNCCCCCCCCCCN. The van der Waals surface area contributed by atoms with E-state index in [2.05, 4.69) is 12.2 Å². The van der Waals surface area contributed by atoms with E-state index in [0.717, 1.165) is 6.54 Å². The van der Waals surface area contributed by atoms with Crippen molar-refractivity contribution >= 4 is 0 Å². The first-order chi connectivity index (χ1) is 10.4. The number of hydrogen-bond acceptors (Lipinski definition) is 2. The molecular formula is C19H42N2. The maximum atomic E-state index is 5.49. The molecule has 0 radical (unpaired) electrons. The van der Waals surface area contributed by atoms with Gasteiger partial charge >= 0.3 is 0 Å². The molecule has 0 saturated heterocycles. The number of unbranched alkanes of at least 4 members (excludes halogenated alkanes) is 13. The van der Waals surface area contributed by atoms with E-state index in [0.29, 0.717) is 0 Å². The van der Waals surface area contributed by atoms with Crippen molar-refractivity contribution < 1.29 is 0 Å². The van der Waals surface area contributed by atoms with E-state index < -0.39 is 0 Å². The molecule has 0 bridgehead atoms. The van der Waals surface area contributed by atoms with Crippen LogP contribution in [0.4, 0.5) is 0 Å². The predicted octanol–water partition coefficient (Wildman–Crippen LogP) is 5.41. The van der Waals surface area contributed by atoms with Crippen LogP contribution in [-0.4, -0.2) is 19.6 Å². The summed E-state index contributed by atoms with van der Waals surface area (Å²) in [6.07, 6.45) is 20.8. The lowest BCUT2D eigenvalue weighted by atomic mass is 10.1. The highest BCUT2D eigenvalue weighted by atomic mass is 14.8. The van der Waals surface area contributed by atoms with E-state index in [1.807, 2.05) is 0 Å². The van der Waals surface area contributed by atoms with Gasteiger partial charge in [-0.1, -0.05) is 84.0 Å². The molecule has 2 nitrogen and oxygen atoms in total. The minimum atomic E-state index is 0.865. The van der Waals surface area contributed by atoms with Gasteiger partial charge in [-0.05, 0) is 38.9 Å². The Morgan fingerprint density at radius 3 is 1.33 bits per heavy atom. The van der Waals surface area contributed by atoms with Gasteiger partial charge in [-0.2, -0.15) is 0 Å². The predicted molar refractivity (Wildman–Crippen MR) is 96.9 cm³/mol. The number of nitrogens with one attached hydrogen (secondary N) is 1. The Kier molecular flexibility index (Phi) is 19.8. The van der Waals surface area contributed by atoms with Crippen LogP contribution in [0.15, 0.2) is 0 Å². The molecule has 0 aromatic carbocycles. The lowest BCUT2D eigenvalue weighted by molar-refractivity contribution is 0.533. The molecule has 0 saturated carbocycles. The Labute approximate surface area is 134 Å². The van der Waals surface area contributed by atoms with Crippen molar-refractivity contribution in [2.75, 3.05) is 19.6 Å². The molecule has 0 rings (SSSR count). The number of hydrogen-bond donors (Lipinski definition) is 2. The Balaban J connectivity index is 2.90. The minimum Gasteiger partial charge on any atom is -0.330 e. The second-order valence-corrected chi connectivity index (χ2v) is 6.49. The van der Waals surface area contributed by atoms with Crippen molar-refractivity contribution in [3.05, 3.63) is 0 Å². The van der Waals surface area contributed by atoms with Gasteiger partial charge in [-0.25, -0.2) is 0 Å². The van der Waals surface area contributed by atoms with Gasteiger partial charge in [0.15, 0.2) is 0 Å². The third-order valence-electron chi connectivity index (χ3n) is 4.26. The summed E-state index contributed by atoms with van der Waals surface area (Å²) in [6, 6.07) is 0. The Hall–Kier alpha value is -0.0800. The molecule has 2 heteroatoms. The molecule has 0 fully saturated rings. The van der Waals surface area contributed by atoms with Gasteiger partial charge in [0, 0.05) is 0 Å². The molecule has 3 N–H and O–H groups in total. The fourth-order valence-electron chi connectivity index (χ4n) is 2.79. The zero-order valence-corrected chi connectivity index (χ0v) is 14.8. The molecule has 21 heavy (non-hydrogen) atoms. The second kappa shape index (κ2) is 19.9. The molecule has 0 aromatic rings.